The lowest BCUT2D eigenvalue weighted by Gasteiger charge is -2.05. The number of hydrogen-bond acceptors (Lipinski definition) is 6. The van der Waals surface area contributed by atoms with Gasteiger partial charge in [-0.05, 0) is 24.6 Å². The second kappa shape index (κ2) is 9.63. The SMILES string of the molecule is CCOC(=O)c1ccc(CN/C=C(/C#N)C(=O)NCC(=O)O)cc1. The zero-order chi connectivity index (χ0) is 17.9. The summed E-state index contributed by atoms with van der Waals surface area (Å²) in [5.74, 6) is -2.38. The summed E-state index contributed by atoms with van der Waals surface area (Å²) >= 11 is 0. The highest BCUT2D eigenvalue weighted by molar-refractivity contribution is 5.98. The molecule has 0 saturated heterocycles. The summed E-state index contributed by atoms with van der Waals surface area (Å²) in [5, 5.41) is 22.2. The number of carboxylic acids is 1. The van der Waals surface area contributed by atoms with Gasteiger partial charge in [0.05, 0.1) is 12.2 Å². The van der Waals surface area contributed by atoms with Crippen LogP contribution in [0.1, 0.15) is 22.8 Å². The molecule has 0 bridgehead atoms. The van der Waals surface area contributed by atoms with Crippen molar-refractivity contribution in [3.05, 3.63) is 47.2 Å². The van der Waals surface area contributed by atoms with Crippen molar-refractivity contribution in [3.63, 3.8) is 0 Å². The number of amides is 1. The lowest BCUT2D eigenvalue weighted by molar-refractivity contribution is -0.137. The first-order valence-electron chi connectivity index (χ1n) is 7.07. The van der Waals surface area contributed by atoms with Crippen LogP contribution in [0.25, 0.3) is 0 Å². The number of nitrogens with one attached hydrogen (secondary N) is 2. The van der Waals surface area contributed by atoms with Crippen molar-refractivity contribution in [1.29, 1.82) is 5.26 Å². The van der Waals surface area contributed by atoms with Crippen LogP contribution in [-0.4, -0.2) is 36.1 Å². The molecule has 3 N–H and O–H groups in total. The maximum Gasteiger partial charge on any atom is 0.338 e. The van der Waals surface area contributed by atoms with Crippen LogP contribution in [0.2, 0.25) is 0 Å². The lowest BCUT2D eigenvalue weighted by atomic mass is 10.1. The Morgan fingerprint density at radius 2 is 1.96 bits per heavy atom. The van der Waals surface area contributed by atoms with Crippen molar-refractivity contribution in [2.75, 3.05) is 13.2 Å². The Kier molecular flexibility index (Phi) is 7.51. The van der Waals surface area contributed by atoms with Crippen LogP contribution < -0.4 is 10.6 Å². The molecular weight excluding hydrogens is 314 g/mol. The fraction of sp³-hybridized carbons (Fsp3) is 0.250. The quantitative estimate of drug-likeness (QED) is 0.360. The van der Waals surface area contributed by atoms with Crippen LogP contribution in [0.5, 0.6) is 0 Å². The average molecular weight is 331 g/mol. The maximum atomic E-state index is 11.5. The van der Waals surface area contributed by atoms with E-state index in [4.69, 9.17) is 15.1 Å². The first-order valence-corrected chi connectivity index (χ1v) is 7.07. The predicted octanol–water partition coefficient (Wildman–Crippen LogP) is 0.561. The summed E-state index contributed by atoms with van der Waals surface area (Å²) in [4.78, 5) is 33.4. The Labute approximate surface area is 138 Å². The Bertz CT molecular complexity index is 674. The van der Waals surface area contributed by atoms with Crippen LogP contribution >= 0.6 is 0 Å². The molecule has 1 aromatic rings. The van der Waals surface area contributed by atoms with E-state index in [2.05, 4.69) is 10.6 Å². The minimum absolute atomic E-state index is 0.237. The van der Waals surface area contributed by atoms with E-state index >= 15 is 0 Å². The van der Waals surface area contributed by atoms with Crippen molar-refractivity contribution in [2.45, 2.75) is 13.5 Å². The van der Waals surface area contributed by atoms with E-state index in [0.29, 0.717) is 18.7 Å². The standard InChI is InChI=1S/C16H17N3O5/c1-2-24-16(23)12-5-3-11(4-6-12)8-18-9-13(7-17)15(22)19-10-14(20)21/h3-6,9,18H,2,8,10H2,1H3,(H,19,22)(H,20,21)/b13-9-. The predicted molar refractivity (Wildman–Crippen MR) is 83.6 cm³/mol. The van der Waals surface area contributed by atoms with Gasteiger partial charge in [-0.3, -0.25) is 9.59 Å². The van der Waals surface area contributed by atoms with E-state index in [1.165, 1.54) is 6.20 Å². The van der Waals surface area contributed by atoms with Gasteiger partial charge < -0.3 is 20.5 Å². The third-order valence-electron chi connectivity index (χ3n) is 2.78. The molecule has 1 amide bonds. The number of hydrogen-bond donors (Lipinski definition) is 3. The topological polar surface area (TPSA) is 129 Å². The van der Waals surface area contributed by atoms with Gasteiger partial charge in [-0.1, -0.05) is 12.1 Å². The zero-order valence-corrected chi connectivity index (χ0v) is 13.0. The number of esters is 1. The highest BCUT2D eigenvalue weighted by Crippen LogP contribution is 2.06. The summed E-state index contributed by atoms with van der Waals surface area (Å²) in [6.45, 7) is 1.78. The molecule has 0 heterocycles. The first-order chi connectivity index (χ1) is 11.5. The Hall–Kier alpha value is -3.34. The molecule has 0 saturated carbocycles. The largest absolute Gasteiger partial charge is 0.480 e. The minimum Gasteiger partial charge on any atom is -0.480 e. The molecule has 24 heavy (non-hydrogen) atoms. The summed E-state index contributed by atoms with van der Waals surface area (Å²) in [6.07, 6.45) is 1.20. The molecule has 1 aromatic carbocycles. The van der Waals surface area contributed by atoms with Crippen molar-refractivity contribution < 1.29 is 24.2 Å². The van der Waals surface area contributed by atoms with Crippen LogP contribution in [0, 0.1) is 11.3 Å². The summed E-state index contributed by atoms with van der Waals surface area (Å²) < 4.78 is 4.87. The Balaban J connectivity index is 2.58. The van der Waals surface area contributed by atoms with Gasteiger partial charge in [-0.15, -0.1) is 0 Å². The van der Waals surface area contributed by atoms with E-state index in [-0.39, 0.29) is 5.57 Å². The molecule has 0 atom stereocenters. The highest BCUT2D eigenvalue weighted by atomic mass is 16.5. The van der Waals surface area contributed by atoms with E-state index in [9.17, 15) is 14.4 Å². The smallest absolute Gasteiger partial charge is 0.338 e. The molecule has 0 spiro atoms. The van der Waals surface area contributed by atoms with E-state index in [0.717, 1.165) is 5.56 Å². The molecule has 0 unspecified atom stereocenters. The number of nitrogens with zero attached hydrogens (tertiary/aromatic N) is 1. The number of nitriles is 1. The Morgan fingerprint density at radius 3 is 2.50 bits per heavy atom. The third kappa shape index (κ3) is 6.19. The van der Waals surface area contributed by atoms with Gasteiger partial charge in [0.1, 0.15) is 18.2 Å². The number of aliphatic carboxylic acids is 1. The number of carbonyl (C=O) groups is 3. The molecular formula is C16H17N3O5. The number of rotatable bonds is 8. The second-order valence-corrected chi connectivity index (χ2v) is 4.54. The van der Waals surface area contributed by atoms with Gasteiger partial charge in [0.15, 0.2) is 0 Å². The molecule has 0 radical (unpaired) electrons. The van der Waals surface area contributed by atoms with E-state index in [1.807, 2.05) is 0 Å². The fourth-order valence-electron chi connectivity index (χ4n) is 1.64. The van der Waals surface area contributed by atoms with Gasteiger partial charge in [-0.25, -0.2) is 4.79 Å². The van der Waals surface area contributed by atoms with Crippen LogP contribution in [0.3, 0.4) is 0 Å². The van der Waals surface area contributed by atoms with Crippen molar-refractivity contribution in [3.8, 4) is 6.07 Å². The number of ether oxygens (including phenoxy) is 1. The second-order valence-electron chi connectivity index (χ2n) is 4.54. The number of carboxylic acid groups (broad SMARTS) is 1. The fourth-order valence-corrected chi connectivity index (χ4v) is 1.64. The lowest BCUT2D eigenvalue weighted by Crippen LogP contribution is -2.30. The van der Waals surface area contributed by atoms with Crippen LogP contribution in [-0.2, 0) is 20.9 Å². The molecule has 126 valence electrons. The zero-order valence-electron chi connectivity index (χ0n) is 13.0. The molecule has 0 aliphatic carbocycles. The molecule has 8 heteroatoms. The monoisotopic (exact) mass is 331 g/mol. The molecule has 1 rings (SSSR count). The van der Waals surface area contributed by atoms with Crippen molar-refractivity contribution >= 4 is 17.8 Å². The van der Waals surface area contributed by atoms with E-state index < -0.39 is 24.4 Å². The van der Waals surface area contributed by atoms with Crippen molar-refractivity contribution in [1.82, 2.24) is 10.6 Å². The first kappa shape index (κ1) is 18.7. The van der Waals surface area contributed by atoms with Crippen LogP contribution in [0.15, 0.2) is 36.0 Å². The minimum atomic E-state index is -1.20. The van der Waals surface area contributed by atoms with Gasteiger partial charge >= 0.3 is 11.9 Å². The molecule has 0 aliphatic rings. The molecule has 0 fully saturated rings. The van der Waals surface area contributed by atoms with Crippen LogP contribution in [0.4, 0.5) is 0 Å². The molecule has 0 aromatic heterocycles. The maximum absolute atomic E-state index is 11.5. The van der Waals surface area contributed by atoms with Crippen molar-refractivity contribution in [2.24, 2.45) is 0 Å². The molecule has 0 aliphatic heterocycles. The third-order valence-corrected chi connectivity index (χ3v) is 2.78. The number of benzene rings is 1. The summed E-state index contributed by atoms with van der Waals surface area (Å²) in [7, 11) is 0. The normalized spacial score (nSPS) is 10.4. The van der Waals surface area contributed by atoms with Gasteiger partial charge in [0.25, 0.3) is 5.91 Å². The number of carbonyl (C=O) groups excluding carboxylic acids is 2. The average Bonchev–Trinajstić information content (AvgIpc) is 2.57. The summed E-state index contributed by atoms with van der Waals surface area (Å²) in [6, 6.07) is 8.34. The Morgan fingerprint density at radius 1 is 1.29 bits per heavy atom. The van der Waals surface area contributed by atoms with Gasteiger partial charge in [0.2, 0.25) is 0 Å². The van der Waals surface area contributed by atoms with E-state index in [1.54, 1.807) is 37.3 Å². The molecule has 8 nitrogen and oxygen atoms in total. The van der Waals surface area contributed by atoms with Gasteiger partial charge in [-0.2, -0.15) is 5.26 Å². The highest BCUT2D eigenvalue weighted by Gasteiger charge is 2.10. The van der Waals surface area contributed by atoms with Gasteiger partial charge in [0, 0.05) is 12.7 Å². The summed E-state index contributed by atoms with van der Waals surface area (Å²) in [5.41, 5.74) is 1.02.